The first-order valence-corrected chi connectivity index (χ1v) is 9.94. The van der Waals surface area contributed by atoms with E-state index in [9.17, 15) is 19.2 Å². The Bertz CT molecular complexity index is 725. The van der Waals surface area contributed by atoms with Crippen LogP contribution in [0, 0.1) is 17.4 Å². The lowest BCUT2D eigenvalue weighted by Gasteiger charge is -2.18. The van der Waals surface area contributed by atoms with Gasteiger partial charge in [0.05, 0.1) is 6.54 Å². The lowest BCUT2D eigenvalue weighted by atomic mass is 9.98. The Hall–Kier alpha value is -3.64. The smallest absolute Gasteiger partial charge is 0.407 e. The molecule has 0 aromatic carbocycles. The van der Waals surface area contributed by atoms with E-state index in [2.05, 4.69) is 28.2 Å². The average Bonchev–Trinajstić information content (AvgIpc) is 2.78. The van der Waals surface area contributed by atoms with E-state index in [1.165, 1.54) is 13.0 Å². The summed E-state index contributed by atoms with van der Waals surface area (Å²) in [4.78, 5) is 48.7. The fraction of sp³-hybridized carbons (Fsp3) is 0.571. The van der Waals surface area contributed by atoms with Crippen LogP contribution >= 0.6 is 0 Å². The molecule has 11 nitrogen and oxygen atoms in total. The lowest BCUT2D eigenvalue weighted by Crippen LogP contribution is -2.35. The van der Waals surface area contributed by atoms with Crippen molar-refractivity contribution in [3.8, 4) is 6.26 Å². The number of carbonyl (C=O) groups excluding carboxylic acids is 4. The highest BCUT2D eigenvalue weighted by molar-refractivity contribution is 5.87. The first-order valence-electron chi connectivity index (χ1n) is 9.94. The summed E-state index contributed by atoms with van der Waals surface area (Å²) in [6, 6.07) is 0. The fourth-order valence-corrected chi connectivity index (χ4v) is 2.40. The molecule has 0 heterocycles. The third kappa shape index (κ3) is 15.2. The van der Waals surface area contributed by atoms with Crippen molar-refractivity contribution in [2.75, 3.05) is 32.9 Å². The highest BCUT2D eigenvalue weighted by Crippen LogP contribution is 2.14. The molecule has 0 radical (unpaired) electrons. The highest BCUT2D eigenvalue weighted by Gasteiger charge is 2.19. The van der Waals surface area contributed by atoms with E-state index in [0.29, 0.717) is 32.2 Å². The SMILES string of the molecule is C=CC(=O)OCC(COC(=O)C(=C)C)OC(=O)NCCCC(CCCOC#N)CN=C=O. The number of amides is 1. The van der Waals surface area contributed by atoms with Crippen LogP contribution in [0.15, 0.2) is 29.8 Å². The summed E-state index contributed by atoms with van der Waals surface area (Å²) in [6.45, 7) is 8.40. The van der Waals surface area contributed by atoms with Crippen LogP contribution in [0.1, 0.15) is 32.6 Å². The lowest BCUT2D eigenvalue weighted by molar-refractivity contribution is -0.147. The first-order chi connectivity index (χ1) is 15.3. The van der Waals surface area contributed by atoms with Crippen LogP contribution in [0.25, 0.3) is 0 Å². The molecule has 0 spiro atoms. The zero-order valence-electron chi connectivity index (χ0n) is 18.2. The Labute approximate surface area is 187 Å². The van der Waals surface area contributed by atoms with Crippen LogP contribution in [-0.2, 0) is 33.3 Å². The number of nitrogens with one attached hydrogen (secondary N) is 1. The standard InChI is InChI=1S/C21H29N3O8/c1-4-19(26)30-12-18(13-31-20(27)16(2)3)32-21(28)24-9-5-7-17(11-23-15-25)8-6-10-29-14-22/h4,17-18H,1-2,5-13H2,3H3,(H,24,28). The number of isocyanates is 1. The number of rotatable bonds is 17. The molecule has 0 rings (SSSR count). The highest BCUT2D eigenvalue weighted by atomic mass is 16.6. The molecular weight excluding hydrogens is 422 g/mol. The normalized spacial score (nSPS) is 11.5. The fourth-order valence-electron chi connectivity index (χ4n) is 2.40. The molecule has 0 aliphatic rings. The van der Waals surface area contributed by atoms with Crippen LogP contribution in [0.3, 0.4) is 0 Å². The van der Waals surface area contributed by atoms with Gasteiger partial charge in [-0.05, 0) is 38.5 Å². The summed E-state index contributed by atoms with van der Waals surface area (Å²) in [5, 5.41) is 10.9. The van der Waals surface area contributed by atoms with E-state index < -0.39 is 24.1 Å². The molecule has 176 valence electrons. The van der Waals surface area contributed by atoms with Gasteiger partial charge >= 0.3 is 18.0 Å². The predicted molar refractivity (Wildman–Crippen MR) is 112 cm³/mol. The number of hydrogen-bond donors (Lipinski definition) is 1. The quantitative estimate of drug-likeness (QED) is 0.0664. The topological polar surface area (TPSA) is 153 Å². The van der Waals surface area contributed by atoms with Gasteiger partial charge in [-0.15, -0.1) is 0 Å². The summed E-state index contributed by atoms with van der Waals surface area (Å²) >= 11 is 0. The molecule has 0 aliphatic carbocycles. The van der Waals surface area contributed by atoms with Gasteiger partial charge in [-0.2, -0.15) is 5.26 Å². The summed E-state index contributed by atoms with van der Waals surface area (Å²) in [6.07, 6.45) is 4.82. The van der Waals surface area contributed by atoms with Gasteiger partial charge in [-0.3, -0.25) is 0 Å². The Balaban J connectivity index is 4.48. The zero-order chi connectivity index (χ0) is 24.2. The Kier molecular flexibility index (Phi) is 16.1. The van der Waals surface area contributed by atoms with Crippen molar-refractivity contribution < 1.29 is 38.1 Å². The largest absolute Gasteiger partial charge is 0.458 e. The number of nitriles is 1. The van der Waals surface area contributed by atoms with E-state index in [0.717, 1.165) is 6.08 Å². The summed E-state index contributed by atoms with van der Waals surface area (Å²) in [5.41, 5.74) is 0.170. The van der Waals surface area contributed by atoms with E-state index >= 15 is 0 Å². The van der Waals surface area contributed by atoms with Gasteiger partial charge in [0.25, 0.3) is 6.26 Å². The predicted octanol–water partition coefficient (Wildman–Crippen LogP) is 1.94. The average molecular weight is 451 g/mol. The molecule has 1 N–H and O–H groups in total. The molecule has 0 aliphatic heterocycles. The maximum atomic E-state index is 12.0. The van der Waals surface area contributed by atoms with E-state index in [-0.39, 0.29) is 37.9 Å². The second kappa shape index (κ2) is 18.2. The number of ether oxygens (including phenoxy) is 4. The molecule has 0 saturated heterocycles. The Morgan fingerprint density at radius 3 is 2.50 bits per heavy atom. The van der Waals surface area contributed by atoms with Gasteiger partial charge in [-0.25, -0.2) is 24.2 Å². The van der Waals surface area contributed by atoms with Crippen molar-refractivity contribution in [3.63, 3.8) is 0 Å². The van der Waals surface area contributed by atoms with Crippen LogP contribution in [0.2, 0.25) is 0 Å². The molecule has 32 heavy (non-hydrogen) atoms. The molecule has 0 aromatic rings. The van der Waals surface area contributed by atoms with Gasteiger partial charge in [0.1, 0.15) is 19.8 Å². The zero-order valence-corrected chi connectivity index (χ0v) is 18.2. The molecule has 1 amide bonds. The van der Waals surface area contributed by atoms with Crippen LogP contribution in [0.5, 0.6) is 0 Å². The van der Waals surface area contributed by atoms with E-state index in [4.69, 9.17) is 19.5 Å². The van der Waals surface area contributed by atoms with Crippen molar-refractivity contribution in [1.82, 2.24) is 5.32 Å². The van der Waals surface area contributed by atoms with Gasteiger partial charge in [0.15, 0.2) is 6.10 Å². The molecule has 0 saturated carbocycles. The summed E-state index contributed by atoms with van der Waals surface area (Å²) < 4.78 is 19.6. The van der Waals surface area contributed by atoms with Gasteiger partial charge < -0.3 is 24.3 Å². The molecule has 2 unspecified atom stereocenters. The molecule has 0 fully saturated rings. The minimum atomic E-state index is -1.02. The van der Waals surface area contributed by atoms with Crippen LogP contribution < -0.4 is 5.32 Å². The summed E-state index contributed by atoms with van der Waals surface area (Å²) in [7, 11) is 0. The van der Waals surface area contributed by atoms with Gasteiger partial charge in [0, 0.05) is 18.2 Å². The van der Waals surface area contributed by atoms with Gasteiger partial charge in [-0.1, -0.05) is 13.2 Å². The number of alkyl carbamates (subject to hydrolysis) is 1. The van der Waals surface area contributed by atoms with Crippen molar-refractivity contribution >= 4 is 24.1 Å². The third-order valence-electron chi connectivity index (χ3n) is 4.00. The van der Waals surface area contributed by atoms with E-state index in [1.807, 2.05) is 0 Å². The van der Waals surface area contributed by atoms with Crippen molar-refractivity contribution in [1.29, 1.82) is 5.26 Å². The Morgan fingerprint density at radius 1 is 1.19 bits per heavy atom. The molecule has 0 aromatic heterocycles. The molecule has 11 heteroatoms. The second-order valence-corrected chi connectivity index (χ2v) is 6.69. The van der Waals surface area contributed by atoms with Crippen LogP contribution in [0.4, 0.5) is 4.79 Å². The number of hydrogen-bond acceptors (Lipinski definition) is 10. The minimum absolute atomic E-state index is 0.0733. The van der Waals surface area contributed by atoms with Crippen LogP contribution in [-0.4, -0.2) is 63.1 Å². The maximum Gasteiger partial charge on any atom is 0.407 e. The monoisotopic (exact) mass is 451 g/mol. The summed E-state index contributed by atoms with van der Waals surface area (Å²) in [5.74, 6) is -1.31. The molecular formula is C21H29N3O8. The van der Waals surface area contributed by atoms with Crippen molar-refractivity contribution in [2.24, 2.45) is 10.9 Å². The van der Waals surface area contributed by atoms with Gasteiger partial charge in [0.2, 0.25) is 6.08 Å². The first kappa shape index (κ1) is 28.4. The van der Waals surface area contributed by atoms with Crippen molar-refractivity contribution in [3.05, 3.63) is 24.8 Å². The Morgan fingerprint density at radius 2 is 1.88 bits per heavy atom. The third-order valence-corrected chi connectivity index (χ3v) is 4.00. The number of nitrogens with zero attached hydrogens (tertiary/aromatic N) is 2. The number of carbonyl (C=O) groups is 3. The minimum Gasteiger partial charge on any atom is -0.458 e. The number of esters is 2. The van der Waals surface area contributed by atoms with Crippen molar-refractivity contribution in [2.45, 2.75) is 38.7 Å². The number of aliphatic imine (C=N–C) groups is 1. The molecule has 2 atom stereocenters. The second-order valence-electron chi connectivity index (χ2n) is 6.69. The maximum absolute atomic E-state index is 12.0. The molecule has 0 bridgehead atoms. The van der Waals surface area contributed by atoms with E-state index in [1.54, 1.807) is 6.26 Å².